The van der Waals surface area contributed by atoms with Crippen molar-refractivity contribution in [2.24, 2.45) is 0 Å². The van der Waals surface area contributed by atoms with E-state index in [2.05, 4.69) is 15.4 Å². The summed E-state index contributed by atoms with van der Waals surface area (Å²) in [6, 6.07) is 14.2. The zero-order chi connectivity index (χ0) is 18.7. The fourth-order valence-electron chi connectivity index (χ4n) is 2.54. The van der Waals surface area contributed by atoms with Crippen LogP contribution in [0, 0.1) is 13.8 Å². The highest BCUT2D eigenvalue weighted by atomic mass is 16.2. The molecule has 1 atom stereocenters. The Kier molecular flexibility index (Phi) is 4.93. The molecule has 1 aromatic heterocycles. The van der Waals surface area contributed by atoms with Crippen LogP contribution in [-0.2, 0) is 4.79 Å². The van der Waals surface area contributed by atoms with Crippen molar-refractivity contribution in [3.8, 4) is 11.3 Å². The Morgan fingerprint density at radius 2 is 1.81 bits per heavy atom. The fourth-order valence-corrected chi connectivity index (χ4v) is 2.54. The van der Waals surface area contributed by atoms with E-state index in [0.29, 0.717) is 11.4 Å². The summed E-state index contributed by atoms with van der Waals surface area (Å²) in [4.78, 5) is 28.8. The highest BCUT2D eigenvalue weighted by molar-refractivity contribution is 5.93. The number of hydrogen-bond donors (Lipinski definition) is 1. The molecule has 6 nitrogen and oxygen atoms in total. The van der Waals surface area contributed by atoms with Crippen LogP contribution in [0.15, 0.2) is 59.5 Å². The molecule has 1 amide bonds. The molecule has 3 rings (SSSR count). The van der Waals surface area contributed by atoms with Gasteiger partial charge in [0.25, 0.3) is 0 Å². The van der Waals surface area contributed by atoms with E-state index in [1.807, 2.05) is 62.4 Å². The molecular weight excluding hydrogens is 328 g/mol. The predicted octanol–water partition coefficient (Wildman–Crippen LogP) is 3.12. The molecule has 0 aliphatic heterocycles. The largest absolute Gasteiger partial charge is 0.365 e. The van der Waals surface area contributed by atoms with Crippen molar-refractivity contribution in [3.63, 3.8) is 0 Å². The monoisotopic (exact) mass is 348 g/mol. The van der Waals surface area contributed by atoms with Crippen molar-refractivity contribution in [2.45, 2.75) is 26.8 Å². The van der Waals surface area contributed by atoms with Gasteiger partial charge in [-0.1, -0.05) is 36.4 Å². The first-order valence-electron chi connectivity index (χ1n) is 8.35. The summed E-state index contributed by atoms with van der Waals surface area (Å²) in [7, 11) is 0. The van der Waals surface area contributed by atoms with E-state index < -0.39 is 11.7 Å². The first-order valence-corrected chi connectivity index (χ1v) is 8.35. The maximum atomic E-state index is 12.5. The quantitative estimate of drug-likeness (QED) is 0.786. The molecular formula is C20H20N4O2. The molecule has 2 aromatic carbocycles. The standard InChI is InChI=1S/C20H20N4O2/c1-13-9-10-17(11-14(13)2)22-19(25)15(3)24-20(26)23-18(12-21-24)16-7-5-4-6-8-16/h4-12,15H,1-3H3,(H,22,25). The Balaban J connectivity index is 1.80. The van der Waals surface area contributed by atoms with Gasteiger partial charge in [-0.2, -0.15) is 10.1 Å². The van der Waals surface area contributed by atoms with Crippen molar-refractivity contribution in [2.75, 3.05) is 5.32 Å². The summed E-state index contributed by atoms with van der Waals surface area (Å²) in [5.74, 6) is -0.322. The van der Waals surface area contributed by atoms with E-state index in [1.54, 1.807) is 6.92 Å². The van der Waals surface area contributed by atoms with E-state index in [9.17, 15) is 9.59 Å². The Morgan fingerprint density at radius 3 is 2.46 bits per heavy atom. The molecule has 1 heterocycles. The zero-order valence-electron chi connectivity index (χ0n) is 14.9. The number of carbonyl (C=O) groups is 1. The van der Waals surface area contributed by atoms with Gasteiger partial charge in [0.2, 0.25) is 5.91 Å². The Bertz CT molecular complexity index is 996. The number of anilines is 1. The molecule has 0 fully saturated rings. The average molecular weight is 348 g/mol. The van der Waals surface area contributed by atoms with Crippen molar-refractivity contribution in [3.05, 3.63) is 76.3 Å². The van der Waals surface area contributed by atoms with Gasteiger partial charge in [0.05, 0.1) is 11.9 Å². The maximum Gasteiger partial charge on any atom is 0.365 e. The van der Waals surface area contributed by atoms with E-state index in [0.717, 1.165) is 21.4 Å². The molecule has 0 aliphatic carbocycles. The fraction of sp³-hybridized carbons (Fsp3) is 0.200. The number of amides is 1. The SMILES string of the molecule is Cc1ccc(NC(=O)C(C)n2ncc(-c3ccccc3)nc2=O)cc1C. The number of benzene rings is 2. The van der Waals surface area contributed by atoms with E-state index in [1.165, 1.54) is 6.20 Å². The molecule has 3 aromatic rings. The van der Waals surface area contributed by atoms with Gasteiger partial charge in [0, 0.05) is 11.3 Å². The lowest BCUT2D eigenvalue weighted by Crippen LogP contribution is -2.34. The van der Waals surface area contributed by atoms with Crippen molar-refractivity contribution < 1.29 is 4.79 Å². The molecule has 1 N–H and O–H groups in total. The minimum absolute atomic E-state index is 0.322. The number of hydrogen-bond acceptors (Lipinski definition) is 4. The Morgan fingerprint density at radius 1 is 1.08 bits per heavy atom. The summed E-state index contributed by atoms with van der Waals surface area (Å²) < 4.78 is 1.09. The molecule has 0 saturated carbocycles. The van der Waals surface area contributed by atoms with Crippen molar-refractivity contribution in [1.29, 1.82) is 0 Å². The third-order valence-corrected chi connectivity index (χ3v) is 4.31. The van der Waals surface area contributed by atoms with Crippen LogP contribution in [0.1, 0.15) is 24.1 Å². The number of aryl methyl sites for hydroxylation is 2. The summed E-state index contributed by atoms with van der Waals surface area (Å²) in [6.07, 6.45) is 1.50. The molecule has 132 valence electrons. The number of nitrogens with zero attached hydrogens (tertiary/aromatic N) is 3. The normalized spacial score (nSPS) is 11.8. The summed E-state index contributed by atoms with van der Waals surface area (Å²) in [5, 5.41) is 6.95. The number of aromatic nitrogens is 3. The molecule has 0 aliphatic rings. The molecule has 0 saturated heterocycles. The lowest BCUT2D eigenvalue weighted by molar-refractivity contribution is -0.119. The van der Waals surface area contributed by atoms with Crippen molar-refractivity contribution in [1.82, 2.24) is 14.8 Å². The number of nitrogens with one attached hydrogen (secondary N) is 1. The predicted molar refractivity (Wildman–Crippen MR) is 101 cm³/mol. The average Bonchev–Trinajstić information content (AvgIpc) is 2.65. The Hall–Kier alpha value is -3.28. The number of carbonyl (C=O) groups excluding carboxylic acids is 1. The van der Waals surface area contributed by atoms with E-state index in [4.69, 9.17) is 0 Å². The molecule has 26 heavy (non-hydrogen) atoms. The molecule has 0 radical (unpaired) electrons. The number of rotatable bonds is 4. The highest BCUT2D eigenvalue weighted by Crippen LogP contribution is 2.16. The third-order valence-electron chi connectivity index (χ3n) is 4.31. The second kappa shape index (κ2) is 7.31. The van der Waals surface area contributed by atoms with E-state index >= 15 is 0 Å². The van der Waals surface area contributed by atoms with Gasteiger partial charge in [-0.25, -0.2) is 9.48 Å². The second-order valence-corrected chi connectivity index (χ2v) is 6.20. The van der Waals surface area contributed by atoms with Gasteiger partial charge in [-0.3, -0.25) is 4.79 Å². The third kappa shape index (κ3) is 3.69. The molecule has 0 bridgehead atoms. The van der Waals surface area contributed by atoms with Crippen LogP contribution in [0.2, 0.25) is 0 Å². The first-order chi connectivity index (χ1) is 12.5. The van der Waals surface area contributed by atoms with Gasteiger partial charge < -0.3 is 5.32 Å². The summed E-state index contributed by atoms with van der Waals surface area (Å²) in [6.45, 7) is 5.61. The van der Waals surface area contributed by atoms with Crippen LogP contribution in [-0.4, -0.2) is 20.7 Å². The molecule has 0 spiro atoms. The lowest BCUT2D eigenvalue weighted by atomic mass is 10.1. The van der Waals surface area contributed by atoms with Crippen LogP contribution in [0.25, 0.3) is 11.3 Å². The van der Waals surface area contributed by atoms with Gasteiger partial charge in [-0.05, 0) is 44.0 Å². The van der Waals surface area contributed by atoms with Crippen LogP contribution >= 0.6 is 0 Å². The van der Waals surface area contributed by atoms with Gasteiger partial charge in [0.15, 0.2) is 0 Å². The van der Waals surface area contributed by atoms with E-state index in [-0.39, 0.29) is 5.91 Å². The van der Waals surface area contributed by atoms with Gasteiger partial charge in [0.1, 0.15) is 6.04 Å². The first kappa shape index (κ1) is 17.5. The van der Waals surface area contributed by atoms with Crippen LogP contribution < -0.4 is 11.0 Å². The Labute approximate surface area is 151 Å². The maximum absolute atomic E-state index is 12.5. The topological polar surface area (TPSA) is 76.9 Å². The van der Waals surface area contributed by atoms with Gasteiger partial charge >= 0.3 is 5.69 Å². The summed E-state index contributed by atoms with van der Waals surface area (Å²) >= 11 is 0. The van der Waals surface area contributed by atoms with Crippen LogP contribution in [0.3, 0.4) is 0 Å². The lowest BCUT2D eigenvalue weighted by Gasteiger charge is -2.14. The van der Waals surface area contributed by atoms with Crippen LogP contribution in [0.4, 0.5) is 5.69 Å². The van der Waals surface area contributed by atoms with Crippen LogP contribution in [0.5, 0.6) is 0 Å². The highest BCUT2D eigenvalue weighted by Gasteiger charge is 2.18. The second-order valence-electron chi connectivity index (χ2n) is 6.20. The summed E-state index contributed by atoms with van der Waals surface area (Å²) in [5.41, 5.74) is 3.64. The molecule has 6 heteroatoms. The smallest absolute Gasteiger partial charge is 0.324 e. The van der Waals surface area contributed by atoms with Gasteiger partial charge in [-0.15, -0.1) is 0 Å². The zero-order valence-corrected chi connectivity index (χ0v) is 14.9. The van der Waals surface area contributed by atoms with Crippen molar-refractivity contribution >= 4 is 11.6 Å². The minimum Gasteiger partial charge on any atom is -0.324 e. The molecule has 1 unspecified atom stereocenters. The minimum atomic E-state index is -0.776.